The Bertz CT molecular complexity index is 646. The van der Waals surface area contributed by atoms with Crippen LogP contribution in [0.1, 0.15) is 0 Å². The number of aromatic nitrogens is 1. The average Bonchev–Trinajstić information content (AvgIpc) is 2.25. The summed E-state index contributed by atoms with van der Waals surface area (Å²) in [6, 6.07) is 3.52. The van der Waals surface area contributed by atoms with Gasteiger partial charge in [0.1, 0.15) is 0 Å². The number of rotatable bonds is 1. The molecule has 7 heteroatoms. The molecule has 82 valence electrons. The summed E-state index contributed by atoms with van der Waals surface area (Å²) in [7, 11) is 0. The minimum Gasteiger partial charge on any atom is -0.504 e. The molecule has 3 N–H and O–H groups in total. The van der Waals surface area contributed by atoms with Gasteiger partial charge in [0.25, 0.3) is 11.2 Å². The highest BCUT2D eigenvalue weighted by atomic mass is 16.6. The normalized spacial score (nSPS) is 10.5. The van der Waals surface area contributed by atoms with E-state index in [9.17, 15) is 20.0 Å². The number of benzene rings is 1. The van der Waals surface area contributed by atoms with Crippen LogP contribution in [0.3, 0.4) is 0 Å². The number of fused-ring (bicyclic) bond motifs is 1. The van der Waals surface area contributed by atoms with E-state index < -0.39 is 22.0 Å². The van der Waals surface area contributed by atoms with Crippen LogP contribution in [0.4, 0.5) is 5.69 Å². The minimum absolute atomic E-state index is 0.0921. The van der Waals surface area contributed by atoms with Crippen molar-refractivity contribution >= 4 is 16.6 Å². The summed E-state index contributed by atoms with van der Waals surface area (Å²) in [5.41, 5.74) is -1.02. The first-order chi connectivity index (χ1) is 7.50. The van der Waals surface area contributed by atoms with Gasteiger partial charge in [-0.3, -0.25) is 14.9 Å². The van der Waals surface area contributed by atoms with E-state index in [0.29, 0.717) is 0 Å². The first kappa shape index (κ1) is 9.97. The van der Waals surface area contributed by atoms with E-state index >= 15 is 0 Å². The summed E-state index contributed by atoms with van der Waals surface area (Å²) in [6.45, 7) is 0. The van der Waals surface area contributed by atoms with Crippen LogP contribution >= 0.6 is 0 Å². The number of hydrogen-bond acceptors (Lipinski definition) is 5. The highest BCUT2D eigenvalue weighted by Gasteiger charge is 2.13. The molecule has 0 aliphatic carbocycles. The molecule has 0 saturated heterocycles. The van der Waals surface area contributed by atoms with Crippen molar-refractivity contribution in [3.05, 3.63) is 38.7 Å². The Morgan fingerprint density at radius 2 is 1.94 bits per heavy atom. The summed E-state index contributed by atoms with van der Waals surface area (Å²) in [4.78, 5) is 23.2. The second kappa shape index (κ2) is 3.23. The van der Waals surface area contributed by atoms with Crippen LogP contribution in [0.2, 0.25) is 0 Å². The number of nitrogens with zero attached hydrogens (tertiary/aromatic N) is 1. The number of H-pyrrole nitrogens is 1. The van der Waals surface area contributed by atoms with Crippen LogP contribution in [0, 0.1) is 10.1 Å². The second-order valence-corrected chi connectivity index (χ2v) is 3.14. The Labute approximate surface area is 87.7 Å². The molecule has 0 bridgehead atoms. The fourth-order valence-corrected chi connectivity index (χ4v) is 1.37. The summed E-state index contributed by atoms with van der Waals surface area (Å²) in [5.74, 6) is -1.39. The van der Waals surface area contributed by atoms with E-state index in [1.165, 1.54) is 12.1 Å². The lowest BCUT2D eigenvalue weighted by Crippen LogP contribution is -2.05. The van der Waals surface area contributed by atoms with Gasteiger partial charge in [-0.05, 0) is 6.07 Å². The van der Waals surface area contributed by atoms with Gasteiger partial charge >= 0.3 is 0 Å². The Balaban J connectivity index is 2.86. The molecule has 0 fully saturated rings. The average molecular weight is 222 g/mol. The lowest BCUT2D eigenvalue weighted by molar-refractivity contribution is -0.384. The number of hydrogen-bond donors (Lipinski definition) is 3. The fourth-order valence-electron chi connectivity index (χ4n) is 1.37. The van der Waals surface area contributed by atoms with Gasteiger partial charge in [0.2, 0.25) is 5.75 Å². The van der Waals surface area contributed by atoms with Crippen molar-refractivity contribution in [2.75, 3.05) is 0 Å². The molecule has 7 nitrogen and oxygen atoms in total. The van der Waals surface area contributed by atoms with Gasteiger partial charge in [-0.25, -0.2) is 0 Å². The first-order valence-corrected chi connectivity index (χ1v) is 4.23. The molecular weight excluding hydrogens is 216 g/mol. The number of pyridine rings is 1. The molecule has 0 aliphatic heterocycles. The minimum atomic E-state index is -0.898. The summed E-state index contributed by atoms with van der Waals surface area (Å²) in [6.07, 6.45) is 0. The fraction of sp³-hybridized carbons (Fsp3) is 0. The molecule has 1 aromatic heterocycles. The topological polar surface area (TPSA) is 116 Å². The van der Waals surface area contributed by atoms with Crippen LogP contribution in [0.25, 0.3) is 10.9 Å². The van der Waals surface area contributed by atoms with E-state index in [1.54, 1.807) is 0 Å². The molecule has 16 heavy (non-hydrogen) atoms. The Kier molecular flexibility index (Phi) is 2.01. The van der Waals surface area contributed by atoms with E-state index in [0.717, 1.165) is 6.07 Å². The zero-order valence-electron chi connectivity index (χ0n) is 7.80. The van der Waals surface area contributed by atoms with Crippen molar-refractivity contribution in [3.8, 4) is 11.5 Å². The smallest absolute Gasteiger partial charge is 0.294 e. The van der Waals surface area contributed by atoms with Crippen LogP contribution in [0.5, 0.6) is 11.5 Å². The molecule has 1 aromatic carbocycles. The zero-order valence-corrected chi connectivity index (χ0v) is 7.80. The van der Waals surface area contributed by atoms with Gasteiger partial charge in [0.15, 0.2) is 5.75 Å². The van der Waals surface area contributed by atoms with E-state index in [-0.39, 0.29) is 16.6 Å². The van der Waals surface area contributed by atoms with E-state index in [2.05, 4.69) is 4.98 Å². The molecule has 0 aliphatic rings. The van der Waals surface area contributed by atoms with Gasteiger partial charge in [-0.2, -0.15) is 0 Å². The van der Waals surface area contributed by atoms with E-state index in [1.807, 2.05) is 0 Å². The summed E-state index contributed by atoms with van der Waals surface area (Å²) >= 11 is 0. The molecule has 0 atom stereocenters. The third-order valence-corrected chi connectivity index (χ3v) is 2.16. The Hall–Kier alpha value is -2.57. The van der Waals surface area contributed by atoms with Crippen molar-refractivity contribution in [2.45, 2.75) is 0 Å². The molecule has 0 saturated carbocycles. The van der Waals surface area contributed by atoms with E-state index in [4.69, 9.17) is 5.11 Å². The number of non-ortho nitro benzene ring substituents is 1. The standard InChI is InChI=1S/C9H6N2O5/c12-7-5-2-1-4(11(15)16)3-6(5)10-9(14)8(7)13/h1-3,13H,(H2,10,12,14). The molecule has 0 amide bonds. The highest BCUT2D eigenvalue weighted by Crippen LogP contribution is 2.30. The largest absolute Gasteiger partial charge is 0.504 e. The van der Waals surface area contributed by atoms with Crippen molar-refractivity contribution in [2.24, 2.45) is 0 Å². The molecule has 2 rings (SSSR count). The van der Waals surface area contributed by atoms with Gasteiger partial charge < -0.3 is 15.2 Å². The van der Waals surface area contributed by atoms with Gasteiger partial charge in [-0.15, -0.1) is 0 Å². The second-order valence-electron chi connectivity index (χ2n) is 3.14. The molecule has 0 radical (unpaired) electrons. The lowest BCUT2D eigenvalue weighted by atomic mass is 10.2. The van der Waals surface area contributed by atoms with Crippen molar-refractivity contribution in [1.82, 2.24) is 4.98 Å². The Morgan fingerprint density at radius 1 is 1.25 bits per heavy atom. The summed E-state index contributed by atoms with van der Waals surface area (Å²) < 4.78 is 0. The van der Waals surface area contributed by atoms with Gasteiger partial charge in [0.05, 0.1) is 10.4 Å². The highest BCUT2D eigenvalue weighted by molar-refractivity contribution is 5.88. The van der Waals surface area contributed by atoms with Crippen LogP contribution in [-0.2, 0) is 0 Å². The molecule has 2 aromatic rings. The predicted octanol–water partition coefficient (Wildman–Crippen LogP) is 0.847. The zero-order chi connectivity index (χ0) is 11.9. The summed E-state index contributed by atoms with van der Waals surface area (Å²) in [5, 5.41) is 29.2. The lowest BCUT2D eigenvalue weighted by Gasteiger charge is -2.02. The molecule has 1 heterocycles. The SMILES string of the molecule is O=c1[nH]c2cc([N+](=O)[O-])ccc2c(O)c1O. The van der Waals surface area contributed by atoms with Crippen LogP contribution in [-0.4, -0.2) is 20.1 Å². The van der Waals surface area contributed by atoms with Gasteiger partial charge in [-0.1, -0.05) is 0 Å². The molecular formula is C9H6N2O5. The maximum absolute atomic E-state index is 11.1. The number of aromatic amines is 1. The third kappa shape index (κ3) is 1.34. The third-order valence-electron chi connectivity index (χ3n) is 2.16. The number of nitrogens with one attached hydrogen (secondary N) is 1. The molecule has 0 spiro atoms. The monoisotopic (exact) mass is 222 g/mol. The van der Waals surface area contributed by atoms with Crippen molar-refractivity contribution < 1.29 is 15.1 Å². The van der Waals surface area contributed by atoms with Crippen molar-refractivity contribution in [1.29, 1.82) is 0 Å². The maximum atomic E-state index is 11.1. The number of nitro benzene ring substituents is 1. The van der Waals surface area contributed by atoms with Crippen LogP contribution in [0.15, 0.2) is 23.0 Å². The first-order valence-electron chi connectivity index (χ1n) is 4.23. The number of aromatic hydroxyl groups is 2. The van der Waals surface area contributed by atoms with Gasteiger partial charge in [0, 0.05) is 17.5 Å². The maximum Gasteiger partial charge on any atom is 0.294 e. The van der Waals surface area contributed by atoms with Crippen molar-refractivity contribution in [3.63, 3.8) is 0 Å². The molecule has 0 unspecified atom stereocenters. The Morgan fingerprint density at radius 3 is 2.56 bits per heavy atom. The predicted molar refractivity (Wildman–Crippen MR) is 54.6 cm³/mol. The quantitative estimate of drug-likeness (QED) is 0.488. The number of nitro groups is 1. The van der Waals surface area contributed by atoms with Crippen LogP contribution < -0.4 is 5.56 Å².